The molecular formula is C9H11NO. The fourth-order valence-electron chi connectivity index (χ4n) is 0.863. The molecule has 0 saturated heterocycles. The zero-order chi connectivity index (χ0) is 8.10. The van der Waals surface area contributed by atoms with Gasteiger partial charge in [-0.25, -0.2) is 5.48 Å². The Kier molecular flexibility index (Phi) is 2.83. The maximum Gasteiger partial charge on any atom is 0.0458 e. The zero-order valence-electron chi connectivity index (χ0n) is 6.25. The highest BCUT2D eigenvalue weighted by Crippen LogP contribution is 2.04. The van der Waals surface area contributed by atoms with Gasteiger partial charge in [0.1, 0.15) is 0 Å². The van der Waals surface area contributed by atoms with Gasteiger partial charge in [0, 0.05) is 6.54 Å². The van der Waals surface area contributed by atoms with Crippen molar-refractivity contribution >= 4 is 6.08 Å². The maximum atomic E-state index is 8.38. The molecule has 2 N–H and O–H groups in total. The molecule has 0 heterocycles. The van der Waals surface area contributed by atoms with Crippen molar-refractivity contribution in [3.8, 4) is 0 Å². The summed E-state index contributed by atoms with van der Waals surface area (Å²) in [5.74, 6) is 0. The largest absolute Gasteiger partial charge is 0.316 e. The molecule has 11 heavy (non-hydrogen) atoms. The highest BCUT2D eigenvalue weighted by Gasteiger charge is 1.89. The van der Waals surface area contributed by atoms with Crippen molar-refractivity contribution in [3.63, 3.8) is 0 Å². The molecule has 0 fully saturated rings. The van der Waals surface area contributed by atoms with Gasteiger partial charge in [-0.15, -0.1) is 0 Å². The quantitative estimate of drug-likeness (QED) is 0.642. The van der Waals surface area contributed by atoms with Crippen LogP contribution in [0.2, 0.25) is 0 Å². The summed E-state index contributed by atoms with van der Waals surface area (Å²) in [6.07, 6.45) is 1.79. The Labute approximate surface area is 66.1 Å². The third-order valence-electron chi connectivity index (χ3n) is 1.50. The molecule has 58 valence electrons. The minimum absolute atomic E-state index is 0.484. The summed E-state index contributed by atoms with van der Waals surface area (Å²) < 4.78 is 0. The lowest BCUT2D eigenvalue weighted by atomic mass is 10.1. The number of hydrogen-bond donors (Lipinski definition) is 2. The minimum atomic E-state index is 0.484. The van der Waals surface area contributed by atoms with Crippen LogP contribution in [0, 0.1) is 0 Å². The van der Waals surface area contributed by atoms with Crippen LogP contribution in [-0.4, -0.2) is 5.21 Å². The van der Waals surface area contributed by atoms with Gasteiger partial charge >= 0.3 is 0 Å². The normalized spacial score (nSPS) is 9.55. The summed E-state index contributed by atoms with van der Waals surface area (Å²) in [5.41, 5.74) is 4.24. The van der Waals surface area contributed by atoms with Crippen LogP contribution in [0.3, 0.4) is 0 Å². The summed E-state index contributed by atoms with van der Waals surface area (Å²) in [4.78, 5) is 0. The van der Waals surface area contributed by atoms with E-state index in [1.54, 1.807) is 6.08 Å². The van der Waals surface area contributed by atoms with Crippen LogP contribution in [0.4, 0.5) is 0 Å². The monoisotopic (exact) mass is 149 g/mol. The van der Waals surface area contributed by atoms with Crippen LogP contribution in [0.25, 0.3) is 6.08 Å². The van der Waals surface area contributed by atoms with Gasteiger partial charge in [-0.05, 0) is 11.1 Å². The second kappa shape index (κ2) is 3.91. The van der Waals surface area contributed by atoms with E-state index in [2.05, 4.69) is 12.1 Å². The molecule has 0 spiro atoms. The standard InChI is InChI=1S/C9H11NO/c1-2-8-3-5-9(6-4-8)7-10-11/h2-6,10-11H,1,7H2. The first kappa shape index (κ1) is 7.98. The van der Waals surface area contributed by atoms with Crippen molar-refractivity contribution < 1.29 is 5.21 Å². The van der Waals surface area contributed by atoms with Crippen LogP contribution in [-0.2, 0) is 6.54 Å². The van der Waals surface area contributed by atoms with Gasteiger partial charge in [0.2, 0.25) is 0 Å². The average molecular weight is 149 g/mol. The molecule has 2 nitrogen and oxygen atoms in total. The highest BCUT2D eigenvalue weighted by atomic mass is 16.5. The molecule has 0 bridgehead atoms. The van der Waals surface area contributed by atoms with Gasteiger partial charge in [-0.2, -0.15) is 0 Å². The summed E-state index contributed by atoms with van der Waals surface area (Å²) in [5, 5.41) is 8.38. The molecule has 0 unspecified atom stereocenters. The first-order valence-corrected chi connectivity index (χ1v) is 3.45. The number of hydrogen-bond acceptors (Lipinski definition) is 2. The van der Waals surface area contributed by atoms with Crippen molar-refractivity contribution in [1.29, 1.82) is 0 Å². The van der Waals surface area contributed by atoms with Crippen LogP contribution in [0.5, 0.6) is 0 Å². The third kappa shape index (κ3) is 2.18. The Morgan fingerprint density at radius 3 is 2.45 bits per heavy atom. The topological polar surface area (TPSA) is 32.3 Å². The Morgan fingerprint density at radius 2 is 2.00 bits per heavy atom. The molecule has 0 aliphatic heterocycles. The van der Waals surface area contributed by atoms with E-state index in [9.17, 15) is 0 Å². The van der Waals surface area contributed by atoms with Gasteiger partial charge in [0.25, 0.3) is 0 Å². The van der Waals surface area contributed by atoms with Gasteiger partial charge < -0.3 is 5.21 Å². The molecule has 1 aromatic rings. The molecule has 1 rings (SSSR count). The van der Waals surface area contributed by atoms with Crippen LogP contribution < -0.4 is 5.48 Å². The lowest BCUT2D eigenvalue weighted by molar-refractivity contribution is 0.161. The summed E-state index contributed by atoms with van der Waals surface area (Å²) in [6, 6.07) is 7.81. The predicted octanol–water partition coefficient (Wildman–Crippen LogP) is 1.81. The smallest absolute Gasteiger partial charge is 0.0458 e. The first-order valence-electron chi connectivity index (χ1n) is 3.45. The van der Waals surface area contributed by atoms with E-state index in [0.717, 1.165) is 11.1 Å². The van der Waals surface area contributed by atoms with E-state index in [1.165, 1.54) is 0 Å². The number of benzene rings is 1. The maximum absolute atomic E-state index is 8.38. The lowest BCUT2D eigenvalue weighted by Crippen LogP contribution is -2.05. The van der Waals surface area contributed by atoms with Crippen molar-refractivity contribution in [3.05, 3.63) is 42.0 Å². The summed E-state index contributed by atoms with van der Waals surface area (Å²) in [6.45, 7) is 4.13. The Bertz CT molecular complexity index is 228. The van der Waals surface area contributed by atoms with Crippen LogP contribution >= 0.6 is 0 Å². The molecule has 0 atom stereocenters. The van der Waals surface area contributed by atoms with Crippen LogP contribution in [0.1, 0.15) is 11.1 Å². The Morgan fingerprint density at radius 1 is 1.36 bits per heavy atom. The number of hydroxylamine groups is 1. The van der Waals surface area contributed by atoms with Gasteiger partial charge in [0.15, 0.2) is 0 Å². The molecule has 2 heteroatoms. The lowest BCUT2D eigenvalue weighted by Gasteiger charge is -1.98. The molecular weight excluding hydrogens is 138 g/mol. The number of rotatable bonds is 3. The van der Waals surface area contributed by atoms with Crippen LogP contribution in [0.15, 0.2) is 30.8 Å². The van der Waals surface area contributed by atoms with Crippen molar-refractivity contribution in [2.75, 3.05) is 0 Å². The van der Waals surface area contributed by atoms with E-state index in [1.807, 2.05) is 24.3 Å². The fraction of sp³-hybridized carbons (Fsp3) is 0.111. The molecule has 0 aliphatic carbocycles. The van der Waals surface area contributed by atoms with E-state index < -0.39 is 0 Å². The second-order valence-corrected chi connectivity index (χ2v) is 2.28. The van der Waals surface area contributed by atoms with Crippen molar-refractivity contribution in [2.24, 2.45) is 0 Å². The van der Waals surface area contributed by atoms with Crippen molar-refractivity contribution in [1.82, 2.24) is 5.48 Å². The highest BCUT2D eigenvalue weighted by molar-refractivity contribution is 5.47. The van der Waals surface area contributed by atoms with E-state index in [0.29, 0.717) is 6.54 Å². The molecule has 0 aliphatic rings. The first-order chi connectivity index (χ1) is 5.36. The Balaban J connectivity index is 2.74. The van der Waals surface area contributed by atoms with E-state index in [4.69, 9.17) is 5.21 Å². The summed E-state index contributed by atoms with van der Waals surface area (Å²) >= 11 is 0. The molecule has 0 saturated carbocycles. The second-order valence-electron chi connectivity index (χ2n) is 2.28. The number of nitrogens with one attached hydrogen (secondary N) is 1. The Hall–Kier alpha value is -1.12. The summed E-state index contributed by atoms with van der Waals surface area (Å²) in [7, 11) is 0. The minimum Gasteiger partial charge on any atom is -0.316 e. The molecule has 0 radical (unpaired) electrons. The van der Waals surface area contributed by atoms with E-state index in [-0.39, 0.29) is 0 Å². The molecule has 1 aromatic carbocycles. The van der Waals surface area contributed by atoms with Gasteiger partial charge in [-0.1, -0.05) is 36.9 Å². The molecule has 0 aromatic heterocycles. The van der Waals surface area contributed by atoms with Gasteiger partial charge in [0.05, 0.1) is 0 Å². The van der Waals surface area contributed by atoms with Gasteiger partial charge in [-0.3, -0.25) is 0 Å². The predicted molar refractivity (Wildman–Crippen MR) is 45.2 cm³/mol. The van der Waals surface area contributed by atoms with Crippen molar-refractivity contribution in [2.45, 2.75) is 6.54 Å². The third-order valence-corrected chi connectivity index (χ3v) is 1.50. The average Bonchev–Trinajstić information content (AvgIpc) is 2.07. The zero-order valence-corrected chi connectivity index (χ0v) is 6.25. The fourth-order valence-corrected chi connectivity index (χ4v) is 0.863. The van der Waals surface area contributed by atoms with E-state index >= 15 is 0 Å². The SMILES string of the molecule is C=Cc1ccc(CNO)cc1. The molecule has 0 amide bonds.